The summed E-state index contributed by atoms with van der Waals surface area (Å²) < 4.78 is 25.3. The fourth-order valence-corrected chi connectivity index (χ4v) is 4.46. The van der Waals surface area contributed by atoms with Crippen LogP contribution in [0.15, 0.2) is 24.3 Å². The summed E-state index contributed by atoms with van der Waals surface area (Å²) in [7, 11) is -3.12. The Hall–Kier alpha value is -1.05. The fraction of sp³-hybridized carbons (Fsp3) is 0.588. The van der Waals surface area contributed by atoms with Gasteiger partial charge in [0.05, 0.1) is 11.0 Å². The zero-order valence-electron chi connectivity index (χ0n) is 14.3. The van der Waals surface area contributed by atoms with Crippen LogP contribution in [0.5, 0.6) is 0 Å². The van der Waals surface area contributed by atoms with Gasteiger partial charge in [-0.05, 0) is 51.0 Å². The molecule has 1 aromatic rings. The number of carbonyl (C=O) groups excluding carboxylic acids is 1. The summed E-state index contributed by atoms with van der Waals surface area (Å²) in [5.41, 5.74) is 2.15. The summed E-state index contributed by atoms with van der Waals surface area (Å²) in [6.07, 6.45) is 2.63. The molecule has 0 bridgehead atoms. The predicted octanol–water partition coefficient (Wildman–Crippen LogP) is 2.55. The van der Waals surface area contributed by atoms with E-state index in [1.165, 1.54) is 5.56 Å². The number of anilines is 1. The van der Waals surface area contributed by atoms with Gasteiger partial charge in [0.1, 0.15) is 0 Å². The molecule has 1 amide bonds. The van der Waals surface area contributed by atoms with Crippen LogP contribution in [0.25, 0.3) is 0 Å². The molecule has 134 valence electrons. The Labute approximate surface area is 149 Å². The zero-order valence-corrected chi connectivity index (χ0v) is 16.0. The van der Waals surface area contributed by atoms with Gasteiger partial charge < -0.3 is 4.90 Å². The van der Waals surface area contributed by atoms with Crippen LogP contribution >= 0.6 is 11.8 Å². The third-order valence-electron chi connectivity index (χ3n) is 4.08. The topological polar surface area (TPSA) is 66.5 Å². The van der Waals surface area contributed by atoms with Crippen molar-refractivity contribution in [3.05, 3.63) is 29.8 Å². The summed E-state index contributed by atoms with van der Waals surface area (Å²) >= 11 is 1.64. The van der Waals surface area contributed by atoms with Crippen molar-refractivity contribution in [2.24, 2.45) is 0 Å². The maximum atomic E-state index is 12.7. The summed E-state index contributed by atoms with van der Waals surface area (Å²) in [5, 5.41) is -0.0252. The number of nitrogens with zero attached hydrogens (tertiary/aromatic N) is 1. The number of rotatable bonds is 8. The van der Waals surface area contributed by atoms with E-state index in [4.69, 9.17) is 0 Å². The number of hydrogen-bond acceptors (Lipinski definition) is 4. The largest absolute Gasteiger partial charge is 0.311 e. The van der Waals surface area contributed by atoms with Gasteiger partial charge in [-0.3, -0.25) is 4.79 Å². The molecule has 5 nitrogen and oxygen atoms in total. The van der Waals surface area contributed by atoms with Crippen molar-refractivity contribution in [1.29, 1.82) is 0 Å². The lowest BCUT2D eigenvalue weighted by atomic mass is 10.1. The Morgan fingerprint density at radius 2 is 2.00 bits per heavy atom. The minimum Gasteiger partial charge on any atom is -0.311 e. The van der Waals surface area contributed by atoms with E-state index in [2.05, 4.69) is 4.72 Å². The molecule has 1 heterocycles. The molecular formula is C17H26N2O3S2. The number of piperidine rings is 1. The maximum absolute atomic E-state index is 12.7. The van der Waals surface area contributed by atoms with Crippen molar-refractivity contribution >= 4 is 33.4 Å². The van der Waals surface area contributed by atoms with Crippen LogP contribution in [0, 0.1) is 6.92 Å². The monoisotopic (exact) mass is 370 g/mol. The van der Waals surface area contributed by atoms with E-state index in [-0.39, 0.29) is 16.9 Å². The second kappa shape index (κ2) is 8.87. The first-order valence-corrected chi connectivity index (χ1v) is 11.1. The molecule has 0 aromatic heterocycles. The number of sulfonamides is 1. The molecule has 1 aliphatic heterocycles. The number of benzene rings is 1. The first-order valence-electron chi connectivity index (χ1n) is 8.40. The van der Waals surface area contributed by atoms with Gasteiger partial charge in [0.25, 0.3) is 0 Å². The molecule has 0 saturated carbocycles. The number of hydrogen-bond donors (Lipinski definition) is 1. The average molecular weight is 371 g/mol. The van der Waals surface area contributed by atoms with E-state index >= 15 is 0 Å². The average Bonchev–Trinajstić information content (AvgIpc) is 2.57. The molecule has 1 unspecified atom stereocenters. The van der Waals surface area contributed by atoms with Gasteiger partial charge in [-0.15, -0.1) is 11.8 Å². The van der Waals surface area contributed by atoms with Gasteiger partial charge in [0.2, 0.25) is 15.9 Å². The molecular weight excluding hydrogens is 344 g/mol. The second-order valence-electron chi connectivity index (χ2n) is 5.98. The lowest BCUT2D eigenvalue weighted by molar-refractivity contribution is -0.119. The lowest BCUT2D eigenvalue weighted by Crippen LogP contribution is -2.43. The van der Waals surface area contributed by atoms with E-state index in [0.717, 1.165) is 37.2 Å². The van der Waals surface area contributed by atoms with E-state index in [1.54, 1.807) is 18.7 Å². The van der Waals surface area contributed by atoms with Crippen molar-refractivity contribution in [3.63, 3.8) is 0 Å². The number of thioether (sulfide) groups is 1. The molecule has 24 heavy (non-hydrogen) atoms. The summed E-state index contributed by atoms with van der Waals surface area (Å²) in [6, 6.07) is 8.05. The molecule has 7 heteroatoms. The summed E-state index contributed by atoms with van der Waals surface area (Å²) in [5.74, 6) is 1.06. The zero-order chi connectivity index (χ0) is 17.6. The van der Waals surface area contributed by atoms with Crippen molar-refractivity contribution < 1.29 is 13.2 Å². The Bertz CT molecular complexity index is 644. The summed E-state index contributed by atoms with van der Waals surface area (Å²) in [4.78, 5) is 14.5. The maximum Gasteiger partial charge on any atom is 0.240 e. The van der Waals surface area contributed by atoms with Gasteiger partial charge in [0, 0.05) is 18.8 Å². The Morgan fingerprint density at radius 3 is 2.67 bits per heavy atom. The molecule has 0 aliphatic carbocycles. The van der Waals surface area contributed by atoms with E-state index in [0.29, 0.717) is 6.54 Å². The number of amides is 1. The third kappa shape index (κ3) is 5.50. The Balaban J connectivity index is 1.81. The fourth-order valence-electron chi connectivity index (χ4n) is 2.61. The normalized spacial score (nSPS) is 18.8. The highest BCUT2D eigenvalue weighted by Gasteiger charge is 2.29. The van der Waals surface area contributed by atoms with Gasteiger partial charge in [-0.25, -0.2) is 13.1 Å². The van der Waals surface area contributed by atoms with E-state index in [9.17, 15) is 13.2 Å². The van der Waals surface area contributed by atoms with Gasteiger partial charge in [-0.2, -0.15) is 0 Å². The number of aryl methyl sites for hydroxylation is 1. The predicted molar refractivity (Wildman–Crippen MR) is 101 cm³/mol. The molecule has 1 atom stereocenters. The summed E-state index contributed by atoms with van der Waals surface area (Å²) in [6.45, 7) is 4.87. The van der Waals surface area contributed by atoms with Crippen LogP contribution in [0.2, 0.25) is 0 Å². The highest BCUT2D eigenvalue weighted by molar-refractivity contribution is 8.00. The highest BCUT2D eigenvalue weighted by Crippen LogP contribution is 2.28. The van der Waals surface area contributed by atoms with Crippen molar-refractivity contribution in [2.75, 3.05) is 29.5 Å². The minimum absolute atomic E-state index is 0.0252. The van der Waals surface area contributed by atoms with Crippen molar-refractivity contribution in [1.82, 2.24) is 4.72 Å². The van der Waals surface area contributed by atoms with Crippen LogP contribution < -0.4 is 9.62 Å². The quantitative estimate of drug-likeness (QED) is 0.714. The molecule has 1 fully saturated rings. The lowest BCUT2D eigenvalue weighted by Gasteiger charge is -2.32. The first kappa shape index (κ1) is 19.3. The third-order valence-corrected chi connectivity index (χ3v) is 6.85. The highest BCUT2D eigenvalue weighted by atomic mass is 32.2. The molecule has 1 aliphatic rings. The number of nitrogens with one attached hydrogen (secondary N) is 1. The molecule has 0 radical (unpaired) electrons. The van der Waals surface area contributed by atoms with Crippen LogP contribution in [-0.4, -0.2) is 44.2 Å². The standard InChI is InChI=1S/C17H26N2O3S2/c1-3-24(21,22)18-11-5-13-23-16-6-4-12-19(17(16)20)15-9-7-14(2)8-10-15/h7-10,16,18H,3-6,11-13H2,1-2H3. The minimum atomic E-state index is -3.12. The number of carbonyl (C=O) groups is 1. The second-order valence-corrected chi connectivity index (χ2v) is 9.38. The van der Waals surface area contributed by atoms with Gasteiger partial charge >= 0.3 is 0 Å². The van der Waals surface area contributed by atoms with Crippen LogP contribution in [0.4, 0.5) is 5.69 Å². The van der Waals surface area contributed by atoms with E-state index < -0.39 is 10.0 Å². The van der Waals surface area contributed by atoms with Gasteiger partial charge in [-0.1, -0.05) is 17.7 Å². The molecule has 0 spiro atoms. The Kier molecular flexibility index (Phi) is 7.13. The smallest absolute Gasteiger partial charge is 0.240 e. The molecule has 1 N–H and O–H groups in total. The van der Waals surface area contributed by atoms with Crippen LogP contribution in [0.1, 0.15) is 31.7 Å². The molecule has 2 rings (SSSR count). The molecule has 1 aromatic carbocycles. The first-order chi connectivity index (χ1) is 11.4. The SMILES string of the molecule is CCS(=O)(=O)NCCCSC1CCCN(c2ccc(C)cc2)C1=O. The van der Waals surface area contributed by atoms with Crippen molar-refractivity contribution in [3.8, 4) is 0 Å². The van der Waals surface area contributed by atoms with E-state index in [1.807, 2.05) is 36.1 Å². The molecule has 1 saturated heterocycles. The van der Waals surface area contributed by atoms with Gasteiger partial charge in [0.15, 0.2) is 0 Å². The van der Waals surface area contributed by atoms with Crippen LogP contribution in [-0.2, 0) is 14.8 Å². The van der Waals surface area contributed by atoms with Crippen molar-refractivity contribution in [2.45, 2.75) is 38.4 Å². The Morgan fingerprint density at radius 1 is 1.29 bits per heavy atom. The van der Waals surface area contributed by atoms with Crippen LogP contribution in [0.3, 0.4) is 0 Å².